The van der Waals surface area contributed by atoms with Crippen LogP contribution in [0.5, 0.6) is 0 Å². The minimum atomic E-state index is -0.323. The minimum Gasteiger partial charge on any atom is -0.336 e. The molecule has 0 unspecified atom stereocenters. The van der Waals surface area contributed by atoms with E-state index in [-0.39, 0.29) is 11.3 Å². The largest absolute Gasteiger partial charge is 0.336 e. The first-order valence-corrected chi connectivity index (χ1v) is 11.8. The first-order chi connectivity index (χ1) is 14.0. The van der Waals surface area contributed by atoms with Gasteiger partial charge in [-0.05, 0) is 40.0 Å². The topological polar surface area (TPSA) is 54.3 Å². The highest BCUT2D eigenvalue weighted by Crippen LogP contribution is 2.51. The lowest BCUT2D eigenvalue weighted by molar-refractivity contribution is -0.136. The Bertz CT molecular complexity index is 901. The molecule has 1 amide bonds. The maximum atomic E-state index is 13.8. The normalized spacial score (nSPS) is 28.2. The van der Waals surface area contributed by atoms with E-state index in [1.807, 2.05) is 18.2 Å². The summed E-state index contributed by atoms with van der Waals surface area (Å²) in [6, 6.07) is 1.05. The van der Waals surface area contributed by atoms with E-state index >= 15 is 0 Å². The molecule has 2 atom stereocenters. The summed E-state index contributed by atoms with van der Waals surface area (Å²) in [5, 5.41) is 3.15. The number of thiazole rings is 1. The molecule has 3 fully saturated rings. The van der Waals surface area contributed by atoms with Gasteiger partial charge in [0.2, 0.25) is 5.91 Å². The molecule has 2 aliphatic heterocycles. The number of aryl methyl sites for hydroxylation is 1. The van der Waals surface area contributed by atoms with Crippen molar-refractivity contribution in [2.75, 3.05) is 19.6 Å². The first-order valence-electron chi connectivity index (χ1n) is 10.9. The second-order valence-electron chi connectivity index (χ2n) is 9.40. The van der Waals surface area contributed by atoms with Crippen LogP contribution in [0.4, 0.5) is 0 Å². The number of nitrogens with zero attached hydrogens (tertiary/aromatic N) is 5. The molecule has 5 rings (SSSR count). The van der Waals surface area contributed by atoms with Crippen molar-refractivity contribution in [3.8, 4) is 0 Å². The summed E-state index contributed by atoms with van der Waals surface area (Å²) in [5.74, 6) is 0.506. The van der Waals surface area contributed by atoms with E-state index in [1.165, 1.54) is 19.3 Å². The molecule has 3 aliphatic rings. The molecule has 4 heterocycles. The zero-order valence-corrected chi connectivity index (χ0v) is 18.5. The highest BCUT2D eigenvalue weighted by Gasteiger charge is 2.58. The third kappa shape index (κ3) is 3.22. The molecule has 7 heteroatoms. The number of carbonyl (C=O) groups is 1. The van der Waals surface area contributed by atoms with Gasteiger partial charge in [-0.15, -0.1) is 11.3 Å². The molecule has 0 N–H and O–H groups in total. The average molecular weight is 414 g/mol. The van der Waals surface area contributed by atoms with Crippen LogP contribution in [0.2, 0.25) is 0 Å². The Labute approximate surface area is 176 Å². The van der Waals surface area contributed by atoms with E-state index in [2.05, 4.69) is 39.9 Å². The lowest BCUT2D eigenvalue weighted by Crippen LogP contribution is -2.42. The summed E-state index contributed by atoms with van der Waals surface area (Å²) in [4.78, 5) is 27.8. The van der Waals surface area contributed by atoms with Crippen LogP contribution in [-0.4, -0.2) is 55.9 Å². The fourth-order valence-electron chi connectivity index (χ4n) is 5.32. The first kappa shape index (κ1) is 19.2. The van der Waals surface area contributed by atoms with E-state index in [0.29, 0.717) is 24.5 Å². The fourth-order valence-corrected chi connectivity index (χ4v) is 5.93. The number of aromatic nitrogens is 3. The molecule has 2 aromatic heterocycles. The minimum absolute atomic E-state index is 0.192. The van der Waals surface area contributed by atoms with Crippen LogP contribution in [0.25, 0.3) is 0 Å². The predicted octanol–water partition coefficient (Wildman–Crippen LogP) is 3.60. The number of hydrogen-bond donors (Lipinski definition) is 0. The Hall–Kier alpha value is -1.73. The lowest BCUT2D eigenvalue weighted by Gasteiger charge is -2.35. The van der Waals surface area contributed by atoms with Gasteiger partial charge in [0, 0.05) is 49.2 Å². The van der Waals surface area contributed by atoms with Crippen molar-refractivity contribution in [2.45, 2.75) is 71.0 Å². The highest BCUT2D eigenvalue weighted by atomic mass is 32.1. The zero-order valence-electron chi connectivity index (χ0n) is 17.7. The molecule has 0 aromatic carbocycles. The van der Waals surface area contributed by atoms with Gasteiger partial charge in [-0.25, -0.2) is 9.97 Å². The number of hydrogen-bond acceptors (Lipinski definition) is 5. The number of amides is 1. The molecule has 1 saturated carbocycles. The average Bonchev–Trinajstić information content (AvgIpc) is 3.39. The quantitative estimate of drug-likeness (QED) is 0.752. The Morgan fingerprint density at radius 2 is 2.17 bits per heavy atom. The van der Waals surface area contributed by atoms with Crippen LogP contribution < -0.4 is 0 Å². The summed E-state index contributed by atoms with van der Waals surface area (Å²) in [6.07, 6.45) is 8.93. The maximum absolute atomic E-state index is 13.8. The monoisotopic (exact) mass is 413 g/mol. The van der Waals surface area contributed by atoms with E-state index in [4.69, 9.17) is 4.98 Å². The second-order valence-corrected chi connectivity index (χ2v) is 10.5. The SMILES string of the molecule is Cc1nc(CN2CC[C@]3(CN(C4CCC4)C[C@@H]3c3cn(C(C)C)cn3)C2=O)cs1. The van der Waals surface area contributed by atoms with Crippen molar-refractivity contribution in [1.29, 1.82) is 0 Å². The molecule has 6 nitrogen and oxygen atoms in total. The zero-order chi connectivity index (χ0) is 20.2. The molecule has 0 bridgehead atoms. The number of carbonyl (C=O) groups excluding carboxylic acids is 1. The molecular formula is C22H31N5OS. The van der Waals surface area contributed by atoms with Gasteiger partial charge in [0.15, 0.2) is 0 Å². The second kappa shape index (κ2) is 7.20. The lowest BCUT2D eigenvalue weighted by atomic mass is 9.75. The third-order valence-electron chi connectivity index (χ3n) is 7.30. The summed E-state index contributed by atoms with van der Waals surface area (Å²) in [5.41, 5.74) is 1.80. The molecule has 29 heavy (non-hydrogen) atoms. The molecule has 2 aromatic rings. The van der Waals surface area contributed by atoms with Crippen molar-refractivity contribution < 1.29 is 4.79 Å². The van der Waals surface area contributed by atoms with Crippen LogP contribution in [0, 0.1) is 12.3 Å². The van der Waals surface area contributed by atoms with E-state index in [9.17, 15) is 4.79 Å². The van der Waals surface area contributed by atoms with Gasteiger partial charge in [-0.3, -0.25) is 9.69 Å². The van der Waals surface area contributed by atoms with Gasteiger partial charge in [0.05, 0.1) is 34.7 Å². The Kier molecular flexibility index (Phi) is 4.78. The highest BCUT2D eigenvalue weighted by molar-refractivity contribution is 7.09. The van der Waals surface area contributed by atoms with Crippen molar-refractivity contribution in [3.63, 3.8) is 0 Å². The Morgan fingerprint density at radius 3 is 2.79 bits per heavy atom. The van der Waals surface area contributed by atoms with Crippen LogP contribution in [0.1, 0.15) is 67.9 Å². The molecule has 1 spiro atoms. The summed E-state index contributed by atoms with van der Waals surface area (Å²) in [6.45, 7) is 9.70. The van der Waals surface area contributed by atoms with Gasteiger partial charge in [0.25, 0.3) is 0 Å². The molecule has 156 valence electrons. The number of imidazole rings is 1. The molecular weight excluding hydrogens is 382 g/mol. The van der Waals surface area contributed by atoms with E-state index < -0.39 is 0 Å². The van der Waals surface area contributed by atoms with Crippen LogP contribution >= 0.6 is 11.3 Å². The Balaban J connectivity index is 1.43. The van der Waals surface area contributed by atoms with Crippen molar-refractivity contribution in [1.82, 2.24) is 24.3 Å². The van der Waals surface area contributed by atoms with Crippen molar-refractivity contribution >= 4 is 17.2 Å². The van der Waals surface area contributed by atoms with Crippen molar-refractivity contribution in [2.24, 2.45) is 5.41 Å². The number of rotatable bonds is 5. The van der Waals surface area contributed by atoms with Gasteiger partial charge in [-0.1, -0.05) is 6.42 Å². The fraction of sp³-hybridized carbons (Fsp3) is 0.682. The molecule has 0 radical (unpaired) electrons. The van der Waals surface area contributed by atoms with E-state index in [0.717, 1.165) is 42.5 Å². The van der Waals surface area contributed by atoms with Crippen LogP contribution in [-0.2, 0) is 11.3 Å². The molecule has 2 saturated heterocycles. The van der Waals surface area contributed by atoms with Crippen LogP contribution in [0.15, 0.2) is 17.9 Å². The summed E-state index contributed by atoms with van der Waals surface area (Å²) in [7, 11) is 0. The van der Waals surface area contributed by atoms with Crippen molar-refractivity contribution in [3.05, 3.63) is 34.3 Å². The van der Waals surface area contributed by atoms with Gasteiger partial charge in [-0.2, -0.15) is 0 Å². The summed E-state index contributed by atoms with van der Waals surface area (Å²) >= 11 is 1.66. The summed E-state index contributed by atoms with van der Waals surface area (Å²) < 4.78 is 2.17. The van der Waals surface area contributed by atoms with Gasteiger partial charge >= 0.3 is 0 Å². The molecule has 1 aliphatic carbocycles. The van der Waals surface area contributed by atoms with E-state index in [1.54, 1.807) is 11.3 Å². The smallest absolute Gasteiger partial charge is 0.231 e. The van der Waals surface area contributed by atoms with Crippen LogP contribution in [0.3, 0.4) is 0 Å². The maximum Gasteiger partial charge on any atom is 0.231 e. The van der Waals surface area contributed by atoms with Gasteiger partial charge in [0.1, 0.15) is 0 Å². The third-order valence-corrected chi connectivity index (χ3v) is 8.12. The Morgan fingerprint density at radius 1 is 1.34 bits per heavy atom. The standard InChI is InChI=1S/C22H31N5OS/c1-15(2)27-11-20(23-14-27)19-10-26(18-5-4-6-18)13-22(19)7-8-25(21(22)28)9-17-12-29-16(3)24-17/h11-12,14-15,18-19H,4-10,13H2,1-3H3/t19-,22-/m1/s1. The van der Waals surface area contributed by atoms with Gasteiger partial charge < -0.3 is 9.47 Å². The number of likely N-dealkylation sites (tertiary alicyclic amines) is 2. The predicted molar refractivity (Wildman–Crippen MR) is 114 cm³/mol.